The molecule has 0 atom stereocenters. The van der Waals surface area contributed by atoms with Gasteiger partial charge in [-0.25, -0.2) is 8.42 Å². The lowest BCUT2D eigenvalue weighted by Gasteiger charge is -2.21. The quantitative estimate of drug-likeness (QED) is 0.820. The van der Waals surface area contributed by atoms with E-state index in [1.807, 2.05) is 22.8 Å². The Labute approximate surface area is 130 Å². The van der Waals surface area contributed by atoms with Crippen LogP contribution in [0.3, 0.4) is 0 Å². The van der Waals surface area contributed by atoms with E-state index in [0.29, 0.717) is 11.5 Å². The number of hydrogen-bond donors (Lipinski definition) is 0. The van der Waals surface area contributed by atoms with E-state index in [4.69, 9.17) is 0 Å². The van der Waals surface area contributed by atoms with E-state index in [0.717, 1.165) is 31.6 Å². The SMILES string of the molecule is CS(=O)(=O)N(Cc1ccccn1)Cc1nnc2n1CCCC2. The first kappa shape index (κ1) is 15.1. The van der Waals surface area contributed by atoms with E-state index in [9.17, 15) is 8.42 Å². The molecule has 8 heteroatoms. The molecule has 3 rings (SSSR count). The number of sulfonamides is 1. The van der Waals surface area contributed by atoms with Gasteiger partial charge in [-0.2, -0.15) is 4.31 Å². The Morgan fingerprint density at radius 3 is 2.82 bits per heavy atom. The van der Waals surface area contributed by atoms with E-state index in [-0.39, 0.29) is 13.1 Å². The summed E-state index contributed by atoms with van der Waals surface area (Å²) in [6, 6.07) is 5.47. The summed E-state index contributed by atoms with van der Waals surface area (Å²) in [7, 11) is -3.35. The normalized spacial score (nSPS) is 15.0. The molecule has 7 nitrogen and oxygen atoms in total. The molecule has 3 heterocycles. The maximum Gasteiger partial charge on any atom is 0.211 e. The van der Waals surface area contributed by atoms with Gasteiger partial charge in [0.25, 0.3) is 0 Å². The van der Waals surface area contributed by atoms with Gasteiger partial charge in [0.2, 0.25) is 10.0 Å². The number of rotatable bonds is 5. The van der Waals surface area contributed by atoms with E-state index < -0.39 is 10.0 Å². The van der Waals surface area contributed by atoms with Crippen molar-refractivity contribution in [3.05, 3.63) is 41.7 Å². The van der Waals surface area contributed by atoms with Gasteiger partial charge in [-0.1, -0.05) is 6.07 Å². The predicted octanol–water partition coefficient (Wildman–Crippen LogP) is 0.971. The van der Waals surface area contributed by atoms with E-state index in [1.165, 1.54) is 10.6 Å². The molecule has 0 radical (unpaired) electrons. The standard InChI is InChI=1S/C14H19N5O2S/c1-22(20,21)18(10-12-6-2-4-8-15-12)11-14-17-16-13-7-3-5-9-19(13)14/h2,4,6,8H,3,5,7,9-11H2,1H3. The lowest BCUT2D eigenvalue weighted by atomic mass is 10.2. The van der Waals surface area contributed by atoms with Crippen LogP contribution in [0.2, 0.25) is 0 Å². The minimum atomic E-state index is -3.35. The molecule has 1 aliphatic rings. The van der Waals surface area contributed by atoms with Crippen LogP contribution in [0.25, 0.3) is 0 Å². The van der Waals surface area contributed by atoms with E-state index in [1.54, 1.807) is 6.20 Å². The van der Waals surface area contributed by atoms with Crippen LogP contribution in [0.1, 0.15) is 30.2 Å². The largest absolute Gasteiger partial charge is 0.314 e. The molecule has 2 aromatic rings. The second kappa shape index (κ2) is 6.13. The van der Waals surface area contributed by atoms with Crippen LogP contribution in [0.5, 0.6) is 0 Å². The van der Waals surface area contributed by atoms with Crippen molar-refractivity contribution in [1.29, 1.82) is 0 Å². The summed E-state index contributed by atoms with van der Waals surface area (Å²) in [6.45, 7) is 1.32. The molecule has 0 amide bonds. The summed E-state index contributed by atoms with van der Waals surface area (Å²) in [5.41, 5.74) is 0.714. The van der Waals surface area contributed by atoms with Gasteiger partial charge >= 0.3 is 0 Å². The van der Waals surface area contributed by atoms with Gasteiger partial charge in [-0.3, -0.25) is 4.98 Å². The van der Waals surface area contributed by atoms with Gasteiger partial charge < -0.3 is 4.57 Å². The molecule has 0 aromatic carbocycles. The Morgan fingerprint density at radius 1 is 1.23 bits per heavy atom. The maximum atomic E-state index is 12.1. The van der Waals surface area contributed by atoms with Crippen molar-refractivity contribution >= 4 is 10.0 Å². The molecule has 0 N–H and O–H groups in total. The lowest BCUT2D eigenvalue weighted by Crippen LogP contribution is -2.31. The summed E-state index contributed by atoms with van der Waals surface area (Å²) in [5.74, 6) is 1.66. The van der Waals surface area contributed by atoms with Crippen molar-refractivity contribution in [2.24, 2.45) is 0 Å². The van der Waals surface area contributed by atoms with Crippen LogP contribution in [0.15, 0.2) is 24.4 Å². The Kier molecular flexibility index (Phi) is 4.21. The molecule has 1 aliphatic heterocycles. The van der Waals surface area contributed by atoms with E-state index >= 15 is 0 Å². The Balaban J connectivity index is 1.83. The van der Waals surface area contributed by atoms with Gasteiger partial charge in [0, 0.05) is 19.2 Å². The number of aryl methyl sites for hydroxylation is 1. The molecule has 2 aromatic heterocycles. The fourth-order valence-corrected chi connectivity index (χ4v) is 3.32. The first-order chi connectivity index (χ1) is 10.5. The first-order valence-corrected chi connectivity index (χ1v) is 9.15. The number of nitrogens with zero attached hydrogens (tertiary/aromatic N) is 5. The Morgan fingerprint density at radius 2 is 2.09 bits per heavy atom. The average Bonchev–Trinajstić information content (AvgIpc) is 2.90. The van der Waals surface area contributed by atoms with Crippen LogP contribution in [0, 0.1) is 0 Å². The highest BCUT2D eigenvalue weighted by Gasteiger charge is 2.23. The topological polar surface area (TPSA) is 81.0 Å². The molecule has 0 fully saturated rings. The zero-order valence-corrected chi connectivity index (χ0v) is 13.3. The molecular formula is C14H19N5O2S. The minimum Gasteiger partial charge on any atom is -0.314 e. The molecule has 0 saturated heterocycles. The predicted molar refractivity (Wildman–Crippen MR) is 81.3 cm³/mol. The number of hydrogen-bond acceptors (Lipinski definition) is 5. The number of aromatic nitrogens is 4. The fourth-order valence-electron chi connectivity index (χ4n) is 2.61. The highest BCUT2D eigenvalue weighted by molar-refractivity contribution is 7.88. The van der Waals surface area contributed by atoms with Crippen molar-refractivity contribution in [2.45, 2.75) is 38.9 Å². The highest BCUT2D eigenvalue weighted by atomic mass is 32.2. The molecule has 0 spiro atoms. The van der Waals surface area contributed by atoms with Crippen molar-refractivity contribution in [1.82, 2.24) is 24.1 Å². The summed E-state index contributed by atoms with van der Waals surface area (Å²) < 4.78 is 27.6. The molecule has 22 heavy (non-hydrogen) atoms. The third-order valence-electron chi connectivity index (χ3n) is 3.79. The van der Waals surface area contributed by atoms with Gasteiger partial charge in [0.15, 0.2) is 0 Å². The van der Waals surface area contributed by atoms with Gasteiger partial charge in [0.05, 0.1) is 25.0 Å². The molecule has 118 valence electrons. The van der Waals surface area contributed by atoms with Gasteiger partial charge in [-0.15, -0.1) is 10.2 Å². The molecular weight excluding hydrogens is 302 g/mol. The average molecular weight is 321 g/mol. The summed E-state index contributed by atoms with van der Waals surface area (Å²) in [5, 5.41) is 8.35. The minimum absolute atomic E-state index is 0.225. The second-order valence-corrected chi connectivity index (χ2v) is 7.48. The summed E-state index contributed by atoms with van der Waals surface area (Å²) in [6.07, 6.45) is 5.98. The molecule has 0 unspecified atom stereocenters. The number of fused-ring (bicyclic) bond motifs is 1. The van der Waals surface area contributed by atoms with Crippen LogP contribution in [-0.2, 0) is 36.1 Å². The third-order valence-corrected chi connectivity index (χ3v) is 4.98. The van der Waals surface area contributed by atoms with Crippen molar-refractivity contribution in [3.63, 3.8) is 0 Å². The van der Waals surface area contributed by atoms with Gasteiger partial charge in [0.1, 0.15) is 11.6 Å². The van der Waals surface area contributed by atoms with Crippen LogP contribution in [0.4, 0.5) is 0 Å². The molecule has 0 saturated carbocycles. The first-order valence-electron chi connectivity index (χ1n) is 7.30. The van der Waals surface area contributed by atoms with Crippen LogP contribution < -0.4 is 0 Å². The van der Waals surface area contributed by atoms with Crippen LogP contribution >= 0.6 is 0 Å². The zero-order valence-electron chi connectivity index (χ0n) is 12.5. The zero-order chi connectivity index (χ0) is 15.6. The highest BCUT2D eigenvalue weighted by Crippen LogP contribution is 2.17. The van der Waals surface area contributed by atoms with Gasteiger partial charge in [-0.05, 0) is 25.0 Å². The fraction of sp³-hybridized carbons (Fsp3) is 0.500. The maximum absolute atomic E-state index is 12.1. The second-order valence-electron chi connectivity index (χ2n) is 5.49. The van der Waals surface area contributed by atoms with Crippen molar-refractivity contribution in [2.75, 3.05) is 6.26 Å². The summed E-state index contributed by atoms with van der Waals surface area (Å²) in [4.78, 5) is 4.20. The molecule has 0 aliphatic carbocycles. The van der Waals surface area contributed by atoms with Crippen molar-refractivity contribution in [3.8, 4) is 0 Å². The monoisotopic (exact) mass is 321 g/mol. The third kappa shape index (κ3) is 3.33. The summed E-state index contributed by atoms with van der Waals surface area (Å²) >= 11 is 0. The molecule has 0 bridgehead atoms. The smallest absolute Gasteiger partial charge is 0.211 e. The Hall–Kier alpha value is -1.80. The van der Waals surface area contributed by atoms with Crippen LogP contribution in [-0.4, -0.2) is 38.7 Å². The Bertz CT molecular complexity index is 742. The van der Waals surface area contributed by atoms with E-state index in [2.05, 4.69) is 15.2 Å². The van der Waals surface area contributed by atoms with Crippen molar-refractivity contribution < 1.29 is 8.42 Å². The lowest BCUT2D eigenvalue weighted by molar-refractivity contribution is 0.378. The number of pyridine rings is 1.